The lowest BCUT2D eigenvalue weighted by Crippen LogP contribution is -2.41. The summed E-state index contributed by atoms with van der Waals surface area (Å²) in [6.07, 6.45) is 2.02. The van der Waals surface area contributed by atoms with Crippen LogP contribution in [-0.4, -0.2) is 36.1 Å². The van der Waals surface area contributed by atoms with Gasteiger partial charge in [-0.05, 0) is 38.1 Å². The monoisotopic (exact) mass is 346 g/mol. The average molecular weight is 346 g/mol. The van der Waals surface area contributed by atoms with Crippen LogP contribution in [0.25, 0.3) is 0 Å². The smallest absolute Gasteiger partial charge is 0.224 e. The van der Waals surface area contributed by atoms with Crippen molar-refractivity contribution in [1.29, 1.82) is 0 Å². The molecule has 0 radical (unpaired) electrons. The summed E-state index contributed by atoms with van der Waals surface area (Å²) in [4.78, 5) is 14.6. The second kappa shape index (κ2) is 6.43. The summed E-state index contributed by atoms with van der Waals surface area (Å²) in [6, 6.07) is 10.7. The summed E-state index contributed by atoms with van der Waals surface area (Å²) >= 11 is 0. The number of carbonyl (C=O) groups is 1. The molecule has 1 atom stereocenters. The van der Waals surface area contributed by atoms with E-state index in [1.165, 1.54) is 0 Å². The van der Waals surface area contributed by atoms with Gasteiger partial charge in [0.1, 0.15) is 0 Å². The molecule has 1 aromatic heterocycles. The number of aromatic nitrogens is 1. The number of fused-ring (bicyclic) bond motifs is 1. The van der Waals surface area contributed by atoms with E-state index in [9.17, 15) is 13.2 Å². The Kier molecular flexibility index (Phi) is 4.49. The average Bonchev–Trinajstić information content (AvgIpc) is 3.03. The van der Waals surface area contributed by atoms with Crippen molar-refractivity contribution in [3.8, 4) is 0 Å². The molecule has 24 heavy (non-hydrogen) atoms. The molecule has 2 aromatic rings. The van der Waals surface area contributed by atoms with Crippen molar-refractivity contribution < 1.29 is 13.2 Å². The Morgan fingerprint density at radius 2 is 1.88 bits per heavy atom. The molecule has 0 spiro atoms. The Morgan fingerprint density at radius 1 is 1.17 bits per heavy atom. The van der Waals surface area contributed by atoms with Gasteiger partial charge in [-0.1, -0.05) is 17.7 Å². The van der Waals surface area contributed by atoms with E-state index in [1.54, 1.807) is 29.2 Å². The number of sulfone groups is 1. The van der Waals surface area contributed by atoms with Gasteiger partial charge in [0, 0.05) is 31.4 Å². The van der Waals surface area contributed by atoms with Gasteiger partial charge in [-0.3, -0.25) is 4.79 Å². The second-order valence-electron chi connectivity index (χ2n) is 6.27. The highest BCUT2D eigenvalue weighted by Crippen LogP contribution is 2.26. The molecule has 0 fully saturated rings. The summed E-state index contributed by atoms with van der Waals surface area (Å²) in [6.45, 7) is 5.26. The van der Waals surface area contributed by atoms with Gasteiger partial charge in [-0.2, -0.15) is 0 Å². The molecule has 6 heteroatoms. The maximum absolute atomic E-state index is 12.5. The molecule has 0 saturated heterocycles. The fraction of sp³-hybridized carbons (Fsp3) is 0.389. The Bertz CT molecular complexity index is 837. The summed E-state index contributed by atoms with van der Waals surface area (Å²) in [5.41, 5.74) is 2.10. The molecular formula is C18H22N2O3S. The number of nitrogens with zero attached hydrogens (tertiary/aromatic N) is 2. The predicted molar refractivity (Wildman–Crippen MR) is 92.4 cm³/mol. The first-order valence-corrected chi connectivity index (χ1v) is 9.77. The molecule has 2 heterocycles. The van der Waals surface area contributed by atoms with Crippen LogP contribution in [0.5, 0.6) is 0 Å². The van der Waals surface area contributed by atoms with Crippen LogP contribution in [-0.2, 0) is 21.2 Å². The fourth-order valence-electron chi connectivity index (χ4n) is 3.15. The topological polar surface area (TPSA) is 59.4 Å². The van der Waals surface area contributed by atoms with Gasteiger partial charge in [0.25, 0.3) is 0 Å². The number of hydrogen-bond acceptors (Lipinski definition) is 3. The Hall–Kier alpha value is -2.08. The van der Waals surface area contributed by atoms with Gasteiger partial charge in [0.15, 0.2) is 9.84 Å². The van der Waals surface area contributed by atoms with Gasteiger partial charge >= 0.3 is 0 Å². The number of benzene rings is 1. The normalized spacial score (nSPS) is 17.6. The largest absolute Gasteiger partial charge is 0.348 e. The van der Waals surface area contributed by atoms with Crippen molar-refractivity contribution in [3.63, 3.8) is 0 Å². The quantitative estimate of drug-likeness (QED) is 0.855. The zero-order chi connectivity index (χ0) is 17.3. The van der Waals surface area contributed by atoms with Gasteiger partial charge < -0.3 is 9.47 Å². The zero-order valence-electron chi connectivity index (χ0n) is 14.0. The third-order valence-corrected chi connectivity index (χ3v) is 6.36. The van der Waals surface area contributed by atoms with Gasteiger partial charge in [0.2, 0.25) is 5.91 Å². The predicted octanol–water partition coefficient (Wildman–Crippen LogP) is 2.56. The number of amides is 1. The molecule has 3 rings (SSSR count). The lowest BCUT2D eigenvalue weighted by Gasteiger charge is -2.35. The molecule has 128 valence electrons. The molecule has 1 amide bonds. The first kappa shape index (κ1) is 16.8. The molecule has 5 nitrogen and oxygen atoms in total. The Morgan fingerprint density at radius 3 is 2.58 bits per heavy atom. The van der Waals surface area contributed by atoms with E-state index in [2.05, 4.69) is 4.57 Å². The van der Waals surface area contributed by atoms with Crippen LogP contribution in [0.15, 0.2) is 47.5 Å². The van der Waals surface area contributed by atoms with E-state index in [-0.39, 0.29) is 29.0 Å². The van der Waals surface area contributed by atoms with E-state index in [4.69, 9.17) is 0 Å². The lowest BCUT2D eigenvalue weighted by atomic mass is 10.1. The second-order valence-corrected chi connectivity index (χ2v) is 8.38. The summed E-state index contributed by atoms with van der Waals surface area (Å²) < 4.78 is 26.9. The van der Waals surface area contributed by atoms with Crippen LogP contribution in [0.1, 0.15) is 30.6 Å². The van der Waals surface area contributed by atoms with E-state index >= 15 is 0 Å². The van der Waals surface area contributed by atoms with Crippen LogP contribution >= 0.6 is 0 Å². The van der Waals surface area contributed by atoms with Crippen molar-refractivity contribution in [2.24, 2.45) is 0 Å². The third-order valence-electron chi connectivity index (χ3n) is 4.63. The van der Waals surface area contributed by atoms with Gasteiger partial charge in [-0.15, -0.1) is 0 Å². The first-order chi connectivity index (χ1) is 11.4. The number of aryl methyl sites for hydroxylation is 1. The molecule has 0 N–H and O–H groups in total. The van der Waals surface area contributed by atoms with E-state index in [0.717, 1.165) is 17.8 Å². The lowest BCUT2D eigenvalue weighted by molar-refractivity contribution is -0.134. The van der Waals surface area contributed by atoms with Crippen molar-refractivity contribution in [1.82, 2.24) is 9.47 Å². The Labute approximate surface area is 142 Å². The highest BCUT2D eigenvalue weighted by atomic mass is 32.2. The molecule has 0 bridgehead atoms. The minimum atomic E-state index is -3.43. The minimum absolute atomic E-state index is 0.0151. The van der Waals surface area contributed by atoms with Crippen LogP contribution in [0.2, 0.25) is 0 Å². The summed E-state index contributed by atoms with van der Waals surface area (Å²) in [7, 11) is -3.43. The van der Waals surface area contributed by atoms with Crippen molar-refractivity contribution >= 4 is 15.7 Å². The highest BCUT2D eigenvalue weighted by Gasteiger charge is 2.28. The van der Waals surface area contributed by atoms with Crippen LogP contribution in [0.3, 0.4) is 0 Å². The molecular weight excluding hydrogens is 324 g/mol. The van der Waals surface area contributed by atoms with Crippen LogP contribution in [0, 0.1) is 6.92 Å². The van der Waals surface area contributed by atoms with Crippen molar-refractivity contribution in [2.45, 2.75) is 37.8 Å². The van der Waals surface area contributed by atoms with Gasteiger partial charge in [0.05, 0.1) is 16.7 Å². The minimum Gasteiger partial charge on any atom is -0.348 e. The first-order valence-electron chi connectivity index (χ1n) is 8.12. The van der Waals surface area contributed by atoms with E-state index in [1.807, 2.05) is 32.2 Å². The van der Waals surface area contributed by atoms with Crippen molar-refractivity contribution in [3.05, 3.63) is 53.9 Å². The number of rotatable bonds is 4. The van der Waals surface area contributed by atoms with E-state index in [0.29, 0.717) is 6.54 Å². The molecule has 1 aliphatic rings. The standard InChI is InChI=1S/C18H22N2O3S/c1-14-5-7-16(8-6-14)24(22,23)13-9-18(21)20-12-11-19-10-3-4-17(19)15(20)2/h3-8,10,15H,9,11-13H2,1-2H3/t15-/m1/s1. The number of carbonyl (C=O) groups excluding carboxylic acids is 1. The molecule has 0 unspecified atom stereocenters. The molecule has 0 aliphatic carbocycles. The third kappa shape index (κ3) is 3.24. The summed E-state index contributed by atoms with van der Waals surface area (Å²) in [5, 5.41) is 0. The maximum Gasteiger partial charge on any atom is 0.224 e. The zero-order valence-corrected chi connectivity index (χ0v) is 14.8. The van der Waals surface area contributed by atoms with Gasteiger partial charge in [-0.25, -0.2) is 8.42 Å². The highest BCUT2D eigenvalue weighted by molar-refractivity contribution is 7.91. The number of hydrogen-bond donors (Lipinski definition) is 0. The SMILES string of the molecule is Cc1ccc(S(=O)(=O)CCC(=O)N2CCn3cccc3[C@H]2C)cc1. The summed E-state index contributed by atoms with van der Waals surface area (Å²) in [5.74, 6) is -0.260. The van der Waals surface area contributed by atoms with Crippen LogP contribution in [0.4, 0.5) is 0 Å². The maximum atomic E-state index is 12.5. The van der Waals surface area contributed by atoms with E-state index < -0.39 is 9.84 Å². The Balaban J connectivity index is 1.66. The molecule has 1 aliphatic heterocycles. The fourth-order valence-corrected chi connectivity index (χ4v) is 4.38. The molecule has 0 saturated carbocycles. The van der Waals surface area contributed by atoms with Crippen LogP contribution < -0.4 is 0 Å². The molecule has 1 aromatic carbocycles. The van der Waals surface area contributed by atoms with Crippen molar-refractivity contribution in [2.75, 3.05) is 12.3 Å².